The molecule has 0 bridgehead atoms. The third-order valence-electron chi connectivity index (χ3n) is 4.30. The third kappa shape index (κ3) is 4.70. The Bertz CT molecular complexity index is 1040. The maximum atomic E-state index is 12.5. The van der Waals surface area contributed by atoms with E-state index in [1.165, 1.54) is 4.68 Å². The van der Waals surface area contributed by atoms with E-state index in [-0.39, 0.29) is 24.0 Å². The highest BCUT2D eigenvalue weighted by Gasteiger charge is 2.19. The summed E-state index contributed by atoms with van der Waals surface area (Å²) in [5, 5.41) is 13.2. The lowest BCUT2D eigenvalue weighted by atomic mass is 10.1. The van der Waals surface area contributed by atoms with Crippen LogP contribution in [0.2, 0.25) is 0 Å². The van der Waals surface area contributed by atoms with E-state index >= 15 is 0 Å². The van der Waals surface area contributed by atoms with Crippen LogP contribution in [0.4, 0.5) is 17.2 Å². The Morgan fingerprint density at radius 3 is 2.52 bits per heavy atom. The van der Waals surface area contributed by atoms with Crippen molar-refractivity contribution in [2.75, 3.05) is 23.5 Å². The maximum absolute atomic E-state index is 12.5. The molecule has 4 N–H and O–H groups in total. The molecule has 0 saturated heterocycles. The van der Waals surface area contributed by atoms with E-state index in [1.807, 2.05) is 32.0 Å². The Hall–Kier alpha value is -3.88. The van der Waals surface area contributed by atoms with Gasteiger partial charge in [-0.25, -0.2) is 4.68 Å². The van der Waals surface area contributed by atoms with Gasteiger partial charge in [-0.05, 0) is 55.3 Å². The van der Waals surface area contributed by atoms with Crippen molar-refractivity contribution in [2.24, 2.45) is 0 Å². The second-order valence-electron chi connectivity index (χ2n) is 6.53. The first-order valence-corrected chi connectivity index (χ1v) is 8.89. The maximum Gasteiger partial charge on any atom is 0.280 e. The van der Waals surface area contributed by atoms with Crippen LogP contribution in [0.5, 0.6) is 5.75 Å². The summed E-state index contributed by atoms with van der Waals surface area (Å²) in [6, 6.07) is 12.6. The number of ether oxygens (including phenoxy) is 1. The van der Waals surface area contributed by atoms with Gasteiger partial charge >= 0.3 is 0 Å². The fraction of sp³-hybridized carbons (Fsp3) is 0.200. The average Bonchev–Trinajstić information content (AvgIpc) is 3.05. The number of nitrogens with zero attached hydrogens (tertiary/aromatic N) is 3. The molecule has 0 aliphatic carbocycles. The molecule has 0 radical (unpaired) electrons. The highest BCUT2D eigenvalue weighted by molar-refractivity contribution is 6.06. The van der Waals surface area contributed by atoms with Crippen molar-refractivity contribution in [3.8, 4) is 5.75 Å². The predicted octanol–water partition coefficient (Wildman–Crippen LogP) is 2.38. The quantitative estimate of drug-likeness (QED) is 0.590. The summed E-state index contributed by atoms with van der Waals surface area (Å²) in [5.74, 6) is -0.146. The fourth-order valence-corrected chi connectivity index (χ4v) is 2.66. The Balaban J connectivity index is 1.67. The van der Waals surface area contributed by atoms with Gasteiger partial charge in [0.2, 0.25) is 5.91 Å². The van der Waals surface area contributed by atoms with Gasteiger partial charge < -0.3 is 21.1 Å². The molecule has 0 spiro atoms. The van der Waals surface area contributed by atoms with Crippen LogP contribution >= 0.6 is 0 Å². The van der Waals surface area contributed by atoms with Crippen molar-refractivity contribution in [1.82, 2.24) is 15.0 Å². The van der Waals surface area contributed by atoms with Gasteiger partial charge in [-0.2, -0.15) is 0 Å². The molecule has 1 heterocycles. The van der Waals surface area contributed by atoms with Gasteiger partial charge in [0, 0.05) is 11.4 Å². The van der Waals surface area contributed by atoms with Crippen LogP contribution in [0, 0.1) is 13.8 Å². The molecule has 0 aliphatic heterocycles. The van der Waals surface area contributed by atoms with Crippen LogP contribution in [0.3, 0.4) is 0 Å². The van der Waals surface area contributed by atoms with Crippen LogP contribution in [0.15, 0.2) is 42.5 Å². The monoisotopic (exact) mass is 394 g/mol. The number of nitrogens with two attached hydrogens (primary N) is 1. The molecule has 9 nitrogen and oxygen atoms in total. The van der Waals surface area contributed by atoms with E-state index in [2.05, 4.69) is 20.9 Å². The SMILES string of the molecule is COc1ccc(NC(=O)Cn2nnc(C(=O)Nc3cc(C)ccc3C)c2N)cc1. The third-order valence-corrected chi connectivity index (χ3v) is 4.30. The number of hydrogen-bond donors (Lipinski definition) is 3. The number of nitrogens with one attached hydrogen (secondary N) is 2. The Morgan fingerprint density at radius 1 is 1.10 bits per heavy atom. The van der Waals surface area contributed by atoms with E-state index < -0.39 is 5.91 Å². The number of methoxy groups -OCH3 is 1. The Kier molecular flexibility index (Phi) is 5.77. The van der Waals surface area contributed by atoms with Gasteiger partial charge in [0.15, 0.2) is 11.5 Å². The average molecular weight is 394 g/mol. The molecule has 3 rings (SSSR count). The summed E-state index contributed by atoms with van der Waals surface area (Å²) in [4.78, 5) is 24.8. The van der Waals surface area contributed by atoms with Crippen LogP contribution < -0.4 is 21.1 Å². The van der Waals surface area contributed by atoms with Crippen LogP contribution in [0.1, 0.15) is 21.6 Å². The molecular weight excluding hydrogens is 372 g/mol. The molecule has 1 aromatic heterocycles. The van der Waals surface area contributed by atoms with Crippen LogP contribution in [-0.2, 0) is 11.3 Å². The molecule has 2 aromatic carbocycles. The zero-order valence-corrected chi connectivity index (χ0v) is 16.4. The highest BCUT2D eigenvalue weighted by Crippen LogP contribution is 2.19. The summed E-state index contributed by atoms with van der Waals surface area (Å²) in [7, 11) is 1.56. The first-order valence-electron chi connectivity index (χ1n) is 8.89. The predicted molar refractivity (Wildman–Crippen MR) is 110 cm³/mol. The minimum Gasteiger partial charge on any atom is -0.497 e. The molecule has 0 aliphatic rings. The topological polar surface area (TPSA) is 124 Å². The molecule has 3 aromatic rings. The zero-order chi connectivity index (χ0) is 21.0. The highest BCUT2D eigenvalue weighted by atomic mass is 16.5. The van der Waals surface area contributed by atoms with Crippen molar-refractivity contribution in [3.63, 3.8) is 0 Å². The zero-order valence-electron chi connectivity index (χ0n) is 16.4. The van der Waals surface area contributed by atoms with E-state index in [9.17, 15) is 9.59 Å². The number of nitrogen functional groups attached to an aromatic ring is 1. The second-order valence-corrected chi connectivity index (χ2v) is 6.53. The van der Waals surface area contributed by atoms with Crippen molar-refractivity contribution < 1.29 is 14.3 Å². The first-order chi connectivity index (χ1) is 13.9. The van der Waals surface area contributed by atoms with Crippen LogP contribution in [-0.4, -0.2) is 33.9 Å². The molecule has 9 heteroatoms. The van der Waals surface area contributed by atoms with Gasteiger partial charge in [-0.1, -0.05) is 17.3 Å². The lowest BCUT2D eigenvalue weighted by molar-refractivity contribution is -0.116. The lowest BCUT2D eigenvalue weighted by Gasteiger charge is -2.09. The number of aryl methyl sites for hydroxylation is 2. The summed E-state index contributed by atoms with van der Waals surface area (Å²) >= 11 is 0. The number of amides is 2. The summed E-state index contributed by atoms with van der Waals surface area (Å²) in [5.41, 5.74) is 9.14. The number of carbonyl (C=O) groups is 2. The molecular formula is C20H22N6O3. The van der Waals surface area contributed by atoms with Gasteiger partial charge in [-0.3, -0.25) is 9.59 Å². The normalized spacial score (nSPS) is 10.4. The minimum atomic E-state index is -0.488. The molecule has 29 heavy (non-hydrogen) atoms. The molecule has 2 amide bonds. The second kappa shape index (κ2) is 8.42. The van der Waals surface area contributed by atoms with Crippen LogP contribution in [0.25, 0.3) is 0 Å². The molecule has 0 unspecified atom stereocenters. The van der Waals surface area contributed by atoms with Crippen molar-refractivity contribution >= 4 is 29.0 Å². The smallest absolute Gasteiger partial charge is 0.280 e. The van der Waals surface area contributed by atoms with Gasteiger partial charge in [0.25, 0.3) is 5.91 Å². The number of anilines is 3. The first kappa shape index (κ1) is 19.9. The summed E-state index contributed by atoms with van der Waals surface area (Å²) < 4.78 is 6.26. The molecule has 150 valence electrons. The summed E-state index contributed by atoms with van der Waals surface area (Å²) in [6.45, 7) is 3.64. The van der Waals surface area contributed by atoms with Crippen molar-refractivity contribution in [2.45, 2.75) is 20.4 Å². The standard InChI is InChI=1S/C20H22N6O3/c1-12-4-5-13(2)16(10-12)23-20(28)18-19(21)26(25-24-18)11-17(27)22-14-6-8-15(29-3)9-7-14/h4-10H,11,21H2,1-3H3,(H,22,27)(H,23,28). The molecule has 0 saturated carbocycles. The van der Waals surface area contributed by atoms with Gasteiger partial charge in [0.05, 0.1) is 7.11 Å². The van der Waals surface area contributed by atoms with E-state index in [4.69, 9.17) is 10.5 Å². The number of carbonyl (C=O) groups excluding carboxylic acids is 2. The molecule has 0 fully saturated rings. The summed E-state index contributed by atoms with van der Waals surface area (Å²) in [6.07, 6.45) is 0. The fourth-order valence-electron chi connectivity index (χ4n) is 2.66. The minimum absolute atomic E-state index is 0.0117. The Morgan fingerprint density at radius 2 is 1.83 bits per heavy atom. The Labute approximate surface area is 167 Å². The van der Waals surface area contributed by atoms with Gasteiger partial charge in [-0.15, -0.1) is 5.10 Å². The van der Waals surface area contributed by atoms with E-state index in [1.54, 1.807) is 31.4 Å². The van der Waals surface area contributed by atoms with Crippen molar-refractivity contribution in [3.05, 3.63) is 59.3 Å². The van der Waals surface area contributed by atoms with Crippen molar-refractivity contribution in [1.29, 1.82) is 0 Å². The number of rotatable bonds is 6. The van der Waals surface area contributed by atoms with E-state index in [0.29, 0.717) is 17.1 Å². The lowest BCUT2D eigenvalue weighted by Crippen LogP contribution is -2.21. The number of aromatic nitrogens is 3. The van der Waals surface area contributed by atoms with Gasteiger partial charge in [0.1, 0.15) is 12.3 Å². The number of hydrogen-bond acceptors (Lipinski definition) is 6. The largest absolute Gasteiger partial charge is 0.497 e. The van der Waals surface area contributed by atoms with E-state index in [0.717, 1.165) is 11.1 Å². The molecule has 0 atom stereocenters. The number of benzene rings is 2.